The summed E-state index contributed by atoms with van der Waals surface area (Å²) in [5.74, 6) is -4.04. The molecule has 1 heterocycles. The summed E-state index contributed by atoms with van der Waals surface area (Å²) in [6, 6.07) is 3.59. The van der Waals surface area contributed by atoms with Crippen molar-refractivity contribution in [3.8, 4) is 0 Å². The molecule has 1 aromatic rings. The van der Waals surface area contributed by atoms with E-state index < -0.39 is 17.9 Å². The van der Waals surface area contributed by atoms with Gasteiger partial charge in [-0.25, -0.2) is 0 Å². The minimum Gasteiger partial charge on any atom is -0.481 e. The molecule has 5 nitrogen and oxygen atoms in total. The number of pyridine rings is 1. The van der Waals surface area contributed by atoms with Crippen LogP contribution in [-0.4, -0.2) is 27.1 Å². The molecular weight excluding hydrogens is 222 g/mol. The quantitative estimate of drug-likeness (QED) is 0.736. The van der Waals surface area contributed by atoms with Gasteiger partial charge in [0.1, 0.15) is 0 Å². The van der Waals surface area contributed by atoms with Crippen LogP contribution in [0.4, 0.5) is 0 Å². The average molecular weight is 237 g/mol. The standard InChI is InChI=1S/C12H15NO4/c1-2-8(9-4-3-5-13-7-9)6-10(11(14)15)12(16)17/h3-5,7-8,10H,2,6H2,1H3,(H,14,15)(H,16,17). The number of hydrogen-bond acceptors (Lipinski definition) is 3. The normalized spacial score (nSPS) is 12.4. The van der Waals surface area contributed by atoms with E-state index in [2.05, 4.69) is 4.98 Å². The second-order valence-electron chi connectivity index (χ2n) is 3.86. The van der Waals surface area contributed by atoms with Crippen molar-refractivity contribution in [2.75, 3.05) is 0 Å². The first-order valence-corrected chi connectivity index (χ1v) is 5.41. The molecule has 92 valence electrons. The lowest BCUT2D eigenvalue weighted by Gasteiger charge is -2.17. The second-order valence-corrected chi connectivity index (χ2v) is 3.86. The smallest absolute Gasteiger partial charge is 0.317 e. The van der Waals surface area contributed by atoms with E-state index in [1.165, 1.54) is 0 Å². The Morgan fingerprint density at radius 3 is 2.41 bits per heavy atom. The van der Waals surface area contributed by atoms with Gasteiger partial charge in [-0.2, -0.15) is 0 Å². The molecule has 0 aliphatic rings. The Morgan fingerprint density at radius 1 is 1.35 bits per heavy atom. The van der Waals surface area contributed by atoms with Gasteiger partial charge in [0.05, 0.1) is 0 Å². The molecule has 0 aliphatic heterocycles. The van der Waals surface area contributed by atoms with Crippen LogP contribution in [0.25, 0.3) is 0 Å². The topological polar surface area (TPSA) is 87.5 Å². The molecule has 0 fully saturated rings. The monoisotopic (exact) mass is 237 g/mol. The van der Waals surface area contributed by atoms with Crippen LogP contribution in [0.2, 0.25) is 0 Å². The fraction of sp³-hybridized carbons (Fsp3) is 0.417. The Kier molecular flexibility index (Phi) is 4.63. The Balaban J connectivity index is 2.83. The molecule has 0 saturated heterocycles. The fourth-order valence-corrected chi connectivity index (χ4v) is 1.75. The first-order chi connectivity index (χ1) is 8.06. The molecule has 1 unspecified atom stereocenters. The minimum atomic E-state index is -1.36. The highest BCUT2D eigenvalue weighted by atomic mass is 16.4. The zero-order valence-electron chi connectivity index (χ0n) is 9.54. The van der Waals surface area contributed by atoms with Gasteiger partial charge in [0.2, 0.25) is 0 Å². The van der Waals surface area contributed by atoms with Gasteiger partial charge in [0.15, 0.2) is 5.92 Å². The highest BCUT2D eigenvalue weighted by Gasteiger charge is 2.29. The number of hydrogen-bond donors (Lipinski definition) is 2. The number of rotatable bonds is 6. The molecule has 1 aromatic heterocycles. The van der Waals surface area contributed by atoms with Crippen molar-refractivity contribution in [2.45, 2.75) is 25.7 Å². The summed E-state index contributed by atoms with van der Waals surface area (Å²) in [5.41, 5.74) is 0.877. The van der Waals surface area contributed by atoms with Gasteiger partial charge in [-0.1, -0.05) is 13.0 Å². The number of aliphatic carboxylic acids is 2. The first-order valence-electron chi connectivity index (χ1n) is 5.41. The third-order valence-electron chi connectivity index (χ3n) is 2.77. The predicted molar refractivity (Wildman–Crippen MR) is 60.6 cm³/mol. The molecule has 17 heavy (non-hydrogen) atoms. The third kappa shape index (κ3) is 3.55. The van der Waals surface area contributed by atoms with Crippen LogP contribution in [-0.2, 0) is 9.59 Å². The van der Waals surface area contributed by atoms with E-state index in [9.17, 15) is 9.59 Å². The summed E-state index contributed by atoms with van der Waals surface area (Å²) in [6.45, 7) is 1.90. The molecule has 5 heteroatoms. The van der Waals surface area contributed by atoms with Crippen LogP contribution in [0, 0.1) is 5.92 Å². The van der Waals surface area contributed by atoms with Crippen LogP contribution >= 0.6 is 0 Å². The molecule has 1 rings (SSSR count). The van der Waals surface area contributed by atoms with Crippen molar-refractivity contribution in [2.24, 2.45) is 5.92 Å². The molecule has 1 atom stereocenters. The summed E-state index contributed by atoms with van der Waals surface area (Å²) in [5, 5.41) is 17.7. The molecule has 0 aliphatic carbocycles. The molecule has 0 bridgehead atoms. The van der Waals surface area contributed by atoms with Crippen LogP contribution < -0.4 is 0 Å². The molecule has 0 aromatic carbocycles. The van der Waals surface area contributed by atoms with E-state index >= 15 is 0 Å². The summed E-state index contributed by atoms with van der Waals surface area (Å²) < 4.78 is 0. The van der Waals surface area contributed by atoms with E-state index in [-0.39, 0.29) is 12.3 Å². The van der Waals surface area contributed by atoms with Crippen molar-refractivity contribution in [3.05, 3.63) is 30.1 Å². The van der Waals surface area contributed by atoms with Gasteiger partial charge < -0.3 is 10.2 Å². The van der Waals surface area contributed by atoms with Crippen molar-refractivity contribution >= 4 is 11.9 Å². The molecule has 0 radical (unpaired) electrons. The predicted octanol–water partition coefficient (Wildman–Crippen LogP) is 1.75. The average Bonchev–Trinajstić information content (AvgIpc) is 2.30. The Labute approximate surface area is 99.1 Å². The highest BCUT2D eigenvalue weighted by Crippen LogP contribution is 2.26. The summed E-state index contributed by atoms with van der Waals surface area (Å²) in [6.07, 6.45) is 4.05. The van der Waals surface area contributed by atoms with Crippen LogP contribution in [0.1, 0.15) is 31.2 Å². The van der Waals surface area contributed by atoms with Crippen molar-refractivity contribution in [3.63, 3.8) is 0 Å². The highest BCUT2D eigenvalue weighted by molar-refractivity contribution is 5.92. The van der Waals surface area contributed by atoms with Crippen molar-refractivity contribution in [1.82, 2.24) is 4.98 Å². The van der Waals surface area contributed by atoms with Crippen LogP contribution in [0.3, 0.4) is 0 Å². The maximum Gasteiger partial charge on any atom is 0.317 e. The lowest BCUT2D eigenvalue weighted by Crippen LogP contribution is -2.25. The van der Waals surface area contributed by atoms with Crippen molar-refractivity contribution < 1.29 is 19.8 Å². The number of carboxylic acids is 2. The molecule has 2 N–H and O–H groups in total. The molecular formula is C12H15NO4. The number of carbonyl (C=O) groups is 2. The number of carboxylic acid groups (broad SMARTS) is 2. The summed E-state index contributed by atoms with van der Waals surface area (Å²) >= 11 is 0. The minimum absolute atomic E-state index is 0.0901. The van der Waals surface area contributed by atoms with Crippen LogP contribution in [0.5, 0.6) is 0 Å². The Bertz CT molecular complexity index is 377. The van der Waals surface area contributed by atoms with Gasteiger partial charge in [0, 0.05) is 12.4 Å². The van der Waals surface area contributed by atoms with Gasteiger partial charge in [-0.05, 0) is 30.4 Å². The lowest BCUT2D eigenvalue weighted by molar-refractivity contribution is -0.155. The zero-order chi connectivity index (χ0) is 12.8. The maximum absolute atomic E-state index is 10.8. The van der Waals surface area contributed by atoms with E-state index in [1.54, 1.807) is 18.5 Å². The Hall–Kier alpha value is -1.91. The van der Waals surface area contributed by atoms with Crippen LogP contribution in [0.15, 0.2) is 24.5 Å². The zero-order valence-corrected chi connectivity index (χ0v) is 9.54. The Morgan fingerprint density at radius 2 is 2.00 bits per heavy atom. The van der Waals surface area contributed by atoms with Crippen molar-refractivity contribution in [1.29, 1.82) is 0 Å². The second kappa shape index (κ2) is 5.98. The number of nitrogens with zero attached hydrogens (tertiary/aromatic N) is 1. The lowest BCUT2D eigenvalue weighted by atomic mass is 9.88. The SMILES string of the molecule is CCC(CC(C(=O)O)C(=O)O)c1cccnc1. The summed E-state index contributed by atoms with van der Waals surface area (Å²) in [7, 11) is 0. The van der Waals surface area contributed by atoms with Gasteiger partial charge >= 0.3 is 11.9 Å². The molecule has 0 saturated carbocycles. The van der Waals surface area contributed by atoms with E-state index in [1.807, 2.05) is 13.0 Å². The van der Waals surface area contributed by atoms with Gasteiger partial charge in [0.25, 0.3) is 0 Å². The molecule has 0 amide bonds. The molecule has 0 spiro atoms. The first kappa shape index (κ1) is 13.2. The van der Waals surface area contributed by atoms with E-state index in [4.69, 9.17) is 10.2 Å². The third-order valence-corrected chi connectivity index (χ3v) is 2.77. The maximum atomic E-state index is 10.8. The van der Waals surface area contributed by atoms with E-state index in [0.29, 0.717) is 6.42 Å². The largest absolute Gasteiger partial charge is 0.481 e. The van der Waals surface area contributed by atoms with E-state index in [0.717, 1.165) is 5.56 Å². The number of aromatic nitrogens is 1. The summed E-state index contributed by atoms with van der Waals surface area (Å²) in [4.78, 5) is 25.6. The van der Waals surface area contributed by atoms with Gasteiger partial charge in [-0.3, -0.25) is 14.6 Å². The fourth-order valence-electron chi connectivity index (χ4n) is 1.75. The van der Waals surface area contributed by atoms with Gasteiger partial charge in [-0.15, -0.1) is 0 Å².